The lowest BCUT2D eigenvalue weighted by atomic mass is 9.90. The summed E-state index contributed by atoms with van der Waals surface area (Å²) in [6.45, 7) is 6.21. The number of aliphatic hydroxyl groups is 1. The number of hydrogen-bond donors (Lipinski definition) is 1. The molecular formula is C18H23NO2. The minimum Gasteiger partial charge on any atom is -0.496 e. The van der Waals surface area contributed by atoms with Gasteiger partial charge < -0.3 is 9.84 Å². The minimum atomic E-state index is 0.0600. The van der Waals surface area contributed by atoms with Crippen LogP contribution in [0.4, 0.5) is 0 Å². The molecule has 0 amide bonds. The first-order valence-corrected chi connectivity index (χ1v) is 7.24. The lowest BCUT2D eigenvalue weighted by Crippen LogP contribution is -2.12. The van der Waals surface area contributed by atoms with Gasteiger partial charge in [0.25, 0.3) is 0 Å². The normalized spacial score (nSPS) is 12.2. The van der Waals surface area contributed by atoms with E-state index in [1.165, 1.54) is 11.1 Å². The fourth-order valence-corrected chi connectivity index (χ4v) is 2.83. The summed E-state index contributed by atoms with van der Waals surface area (Å²) in [6, 6.07) is 8.19. The first kappa shape index (κ1) is 15.5. The number of rotatable bonds is 5. The van der Waals surface area contributed by atoms with Gasteiger partial charge in [-0.1, -0.05) is 24.3 Å². The molecule has 0 saturated carbocycles. The molecule has 1 unspecified atom stereocenters. The molecule has 0 saturated heterocycles. The number of aliphatic hydroxyl groups excluding tert-OH is 1. The van der Waals surface area contributed by atoms with E-state index in [2.05, 4.69) is 24.0 Å². The number of ether oxygens (including phenoxy) is 1. The summed E-state index contributed by atoms with van der Waals surface area (Å²) in [5, 5.41) is 9.78. The molecule has 21 heavy (non-hydrogen) atoms. The maximum Gasteiger partial charge on any atom is 0.128 e. The second-order valence-electron chi connectivity index (χ2n) is 5.49. The number of nitrogens with zero attached hydrogens (tertiary/aromatic N) is 1. The predicted octanol–water partition coefficient (Wildman–Crippen LogP) is 3.33. The standard InChI is InChI=1S/C18H23NO2/c1-12-7-5-6-8-16(12)15(11-20)9-17-14(3)18(21-4)13(2)10-19-17/h5-8,10,15,20H,9,11H2,1-4H3. The molecule has 0 spiro atoms. The highest BCUT2D eigenvalue weighted by molar-refractivity contribution is 5.42. The van der Waals surface area contributed by atoms with E-state index in [9.17, 15) is 5.11 Å². The highest BCUT2D eigenvalue weighted by Gasteiger charge is 2.17. The average Bonchev–Trinajstić information content (AvgIpc) is 2.48. The molecule has 0 fully saturated rings. The molecule has 1 atom stereocenters. The third-order valence-electron chi connectivity index (χ3n) is 4.04. The van der Waals surface area contributed by atoms with Crippen LogP contribution in [0.25, 0.3) is 0 Å². The number of pyridine rings is 1. The largest absolute Gasteiger partial charge is 0.496 e. The van der Waals surface area contributed by atoms with Crippen LogP contribution in [-0.4, -0.2) is 23.8 Å². The first-order chi connectivity index (χ1) is 10.1. The van der Waals surface area contributed by atoms with Crippen LogP contribution in [0, 0.1) is 20.8 Å². The van der Waals surface area contributed by atoms with Gasteiger partial charge in [-0.05, 0) is 38.3 Å². The fourth-order valence-electron chi connectivity index (χ4n) is 2.83. The maximum absolute atomic E-state index is 9.78. The van der Waals surface area contributed by atoms with Gasteiger partial charge in [-0.2, -0.15) is 0 Å². The van der Waals surface area contributed by atoms with Gasteiger partial charge in [-0.15, -0.1) is 0 Å². The molecule has 0 radical (unpaired) electrons. The van der Waals surface area contributed by atoms with Gasteiger partial charge in [0.1, 0.15) is 5.75 Å². The highest BCUT2D eigenvalue weighted by Crippen LogP contribution is 2.29. The summed E-state index contributed by atoms with van der Waals surface area (Å²) in [7, 11) is 1.68. The second kappa shape index (κ2) is 6.72. The van der Waals surface area contributed by atoms with E-state index in [1.54, 1.807) is 7.11 Å². The van der Waals surface area contributed by atoms with Gasteiger partial charge in [-0.25, -0.2) is 0 Å². The van der Waals surface area contributed by atoms with Gasteiger partial charge in [-0.3, -0.25) is 4.98 Å². The lowest BCUT2D eigenvalue weighted by Gasteiger charge is -2.19. The van der Waals surface area contributed by atoms with Gasteiger partial charge in [0.15, 0.2) is 0 Å². The fraction of sp³-hybridized carbons (Fsp3) is 0.389. The van der Waals surface area contributed by atoms with Crippen LogP contribution in [0.1, 0.15) is 33.9 Å². The third kappa shape index (κ3) is 3.24. The van der Waals surface area contributed by atoms with Crippen molar-refractivity contribution in [2.75, 3.05) is 13.7 Å². The zero-order valence-electron chi connectivity index (χ0n) is 13.2. The predicted molar refractivity (Wildman–Crippen MR) is 85.0 cm³/mol. The zero-order chi connectivity index (χ0) is 15.4. The zero-order valence-corrected chi connectivity index (χ0v) is 13.2. The van der Waals surface area contributed by atoms with Crippen LogP contribution in [0.2, 0.25) is 0 Å². The molecule has 112 valence electrons. The first-order valence-electron chi connectivity index (χ1n) is 7.24. The Labute approximate surface area is 126 Å². The molecule has 0 aliphatic heterocycles. The van der Waals surface area contributed by atoms with E-state index in [1.807, 2.05) is 32.2 Å². The van der Waals surface area contributed by atoms with E-state index in [0.717, 1.165) is 22.6 Å². The van der Waals surface area contributed by atoms with Crippen molar-refractivity contribution in [2.45, 2.75) is 33.1 Å². The number of aryl methyl sites for hydroxylation is 2. The van der Waals surface area contributed by atoms with Crippen molar-refractivity contribution < 1.29 is 9.84 Å². The molecule has 3 heteroatoms. The van der Waals surface area contributed by atoms with Gasteiger partial charge in [0.2, 0.25) is 0 Å². The van der Waals surface area contributed by atoms with Crippen molar-refractivity contribution in [1.82, 2.24) is 4.98 Å². The Balaban J connectivity index is 2.34. The van der Waals surface area contributed by atoms with E-state index < -0.39 is 0 Å². The molecule has 1 aromatic heterocycles. The van der Waals surface area contributed by atoms with Crippen molar-refractivity contribution in [2.24, 2.45) is 0 Å². The molecule has 1 heterocycles. The molecule has 2 rings (SSSR count). The Morgan fingerprint density at radius 1 is 1.14 bits per heavy atom. The van der Waals surface area contributed by atoms with Crippen molar-refractivity contribution in [3.8, 4) is 5.75 Å². The van der Waals surface area contributed by atoms with Gasteiger partial charge >= 0.3 is 0 Å². The maximum atomic E-state index is 9.78. The number of hydrogen-bond acceptors (Lipinski definition) is 3. The Kier molecular flexibility index (Phi) is 4.97. The molecule has 3 nitrogen and oxygen atoms in total. The molecule has 0 aliphatic rings. The minimum absolute atomic E-state index is 0.0600. The van der Waals surface area contributed by atoms with Gasteiger partial charge in [0.05, 0.1) is 13.7 Å². The van der Waals surface area contributed by atoms with Crippen molar-refractivity contribution >= 4 is 0 Å². The summed E-state index contributed by atoms with van der Waals surface area (Å²) in [6.07, 6.45) is 2.55. The summed E-state index contributed by atoms with van der Waals surface area (Å²) < 4.78 is 5.46. The van der Waals surface area contributed by atoms with E-state index in [0.29, 0.717) is 6.42 Å². The van der Waals surface area contributed by atoms with Crippen LogP contribution in [0.3, 0.4) is 0 Å². The van der Waals surface area contributed by atoms with Crippen molar-refractivity contribution in [1.29, 1.82) is 0 Å². The van der Waals surface area contributed by atoms with E-state index in [-0.39, 0.29) is 12.5 Å². The topological polar surface area (TPSA) is 42.4 Å². The van der Waals surface area contributed by atoms with Crippen LogP contribution >= 0.6 is 0 Å². The van der Waals surface area contributed by atoms with E-state index in [4.69, 9.17) is 4.74 Å². The molecule has 0 bridgehead atoms. The molecule has 1 aromatic carbocycles. The van der Waals surface area contributed by atoms with Gasteiger partial charge in [0, 0.05) is 28.9 Å². The SMILES string of the molecule is COc1c(C)cnc(CC(CO)c2ccccc2C)c1C. The summed E-state index contributed by atoms with van der Waals surface area (Å²) in [4.78, 5) is 4.54. The monoisotopic (exact) mass is 285 g/mol. The Morgan fingerprint density at radius 2 is 1.86 bits per heavy atom. The quantitative estimate of drug-likeness (QED) is 0.916. The number of methoxy groups -OCH3 is 1. The Hall–Kier alpha value is -1.87. The number of benzene rings is 1. The number of aromatic nitrogens is 1. The van der Waals surface area contributed by atoms with Crippen LogP contribution < -0.4 is 4.74 Å². The lowest BCUT2D eigenvalue weighted by molar-refractivity contribution is 0.263. The molecule has 1 N–H and O–H groups in total. The van der Waals surface area contributed by atoms with Crippen molar-refractivity contribution in [3.05, 3.63) is 58.4 Å². The molecular weight excluding hydrogens is 262 g/mol. The molecule has 2 aromatic rings. The van der Waals surface area contributed by atoms with Crippen LogP contribution in [0.15, 0.2) is 30.5 Å². The second-order valence-corrected chi connectivity index (χ2v) is 5.49. The smallest absolute Gasteiger partial charge is 0.128 e. The van der Waals surface area contributed by atoms with E-state index >= 15 is 0 Å². The summed E-state index contributed by atoms with van der Waals surface area (Å²) in [5.74, 6) is 0.950. The Morgan fingerprint density at radius 3 is 2.48 bits per heavy atom. The van der Waals surface area contributed by atoms with Crippen molar-refractivity contribution in [3.63, 3.8) is 0 Å². The van der Waals surface area contributed by atoms with Crippen LogP contribution in [-0.2, 0) is 6.42 Å². The third-order valence-corrected chi connectivity index (χ3v) is 4.04. The average molecular weight is 285 g/mol. The summed E-state index contributed by atoms with van der Waals surface area (Å²) in [5.41, 5.74) is 5.47. The highest BCUT2D eigenvalue weighted by atomic mass is 16.5. The Bertz CT molecular complexity index is 623. The summed E-state index contributed by atoms with van der Waals surface area (Å²) >= 11 is 0. The van der Waals surface area contributed by atoms with Crippen LogP contribution in [0.5, 0.6) is 5.75 Å². The molecule has 0 aliphatic carbocycles.